The largest absolute Gasteiger partial charge is 0.491 e. The molecule has 2 saturated carbocycles. The van der Waals surface area contributed by atoms with E-state index in [2.05, 4.69) is 44.8 Å². The quantitative estimate of drug-likeness (QED) is 0.569. The highest BCUT2D eigenvalue weighted by atomic mass is 16.7. The second-order valence-corrected chi connectivity index (χ2v) is 12.3. The Hall–Kier alpha value is -2.18. The number of allylic oxidation sites excluding steroid dienone is 2. The summed E-state index contributed by atoms with van der Waals surface area (Å²) in [6, 6.07) is 3.68. The zero-order valence-corrected chi connectivity index (χ0v) is 21.8. The molecule has 188 valence electrons. The Morgan fingerprint density at radius 3 is 2.69 bits per heavy atom. The number of pyridine rings is 1. The molecule has 2 heterocycles. The molecule has 1 aromatic rings. The van der Waals surface area contributed by atoms with Crippen LogP contribution in [-0.2, 0) is 14.3 Å². The smallest absolute Gasteiger partial charge is 0.257 e. The van der Waals surface area contributed by atoms with Crippen molar-refractivity contribution in [1.29, 1.82) is 0 Å². The molecule has 6 nitrogen and oxygen atoms in total. The Morgan fingerprint density at radius 2 is 1.94 bits per heavy atom. The molecule has 2 bridgehead atoms. The lowest BCUT2D eigenvalue weighted by Gasteiger charge is -2.47. The van der Waals surface area contributed by atoms with Gasteiger partial charge in [0.1, 0.15) is 6.10 Å². The van der Waals surface area contributed by atoms with Gasteiger partial charge in [0, 0.05) is 18.0 Å². The number of carbonyl (C=O) groups excluding carboxylic acids is 1. The van der Waals surface area contributed by atoms with E-state index >= 15 is 0 Å². The van der Waals surface area contributed by atoms with Gasteiger partial charge in [-0.25, -0.2) is 4.98 Å². The number of fused-ring (bicyclic) bond motifs is 5. The Balaban J connectivity index is 1.51. The van der Waals surface area contributed by atoms with E-state index < -0.39 is 11.2 Å². The second kappa shape index (κ2) is 7.42. The molecule has 0 radical (unpaired) electrons. The maximum Gasteiger partial charge on any atom is 0.257 e. The topological polar surface area (TPSA) is 66.9 Å². The number of ether oxygens (including phenoxy) is 4. The maximum atomic E-state index is 14.7. The second-order valence-electron chi connectivity index (χ2n) is 12.3. The lowest BCUT2D eigenvalue weighted by atomic mass is 9.61. The van der Waals surface area contributed by atoms with E-state index in [9.17, 15) is 4.79 Å². The number of rotatable bonds is 3. The SMILES string of the molecule is COc1cccnc1OC1C(C)=CC23C(=O)C(C=C4COC(C)(C)OC4C12)C1C(C[C@H]3C)C1(C)C. The fraction of sp³-hybridized carbons (Fsp3) is 0.655. The number of aromatic nitrogens is 1. The monoisotopic (exact) mass is 479 g/mol. The number of hydrogen-bond acceptors (Lipinski definition) is 6. The predicted molar refractivity (Wildman–Crippen MR) is 131 cm³/mol. The van der Waals surface area contributed by atoms with Gasteiger partial charge in [0.25, 0.3) is 5.88 Å². The first-order valence-electron chi connectivity index (χ1n) is 12.9. The van der Waals surface area contributed by atoms with Crippen LogP contribution in [0.3, 0.4) is 0 Å². The van der Waals surface area contributed by atoms with Crippen molar-refractivity contribution in [3.8, 4) is 11.6 Å². The summed E-state index contributed by atoms with van der Waals surface area (Å²) in [5, 5.41) is 0. The molecule has 0 aromatic carbocycles. The number of ketones is 1. The van der Waals surface area contributed by atoms with Gasteiger partial charge in [-0.15, -0.1) is 0 Å². The first kappa shape index (κ1) is 23.2. The molecule has 6 heteroatoms. The molecule has 1 aliphatic heterocycles. The van der Waals surface area contributed by atoms with Crippen molar-refractivity contribution in [3.63, 3.8) is 0 Å². The van der Waals surface area contributed by atoms with Crippen LogP contribution in [0, 0.1) is 40.4 Å². The third-order valence-electron chi connectivity index (χ3n) is 9.75. The first-order chi connectivity index (χ1) is 16.5. The first-order valence-corrected chi connectivity index (χ1v) is 12.9. The van der Waals surface area contributed by atoms with Crippen LogP contribution in [0.1, 0.15) is 48.0 Å². The summed E-state index contributed by atoms with van der Waals surface area (Å²) < 4.78 is 25.0. The lowest BCUT2D eigenvalue weighted by Crippen LogP contribution is -2.55. The van der Waals surface area contributed by atoms with E-state index in [0.717, 1.165) is 17.6 Å². The molecule has 1 aromatic heterocycles. The summed E-state index contributed by atoms with van der Waals surface area (Å²) in [6.07, 6.45) is 6.57. The van der Waals surface area contributed by atoms with Crippen LogP contribution in [0.2, 0.25) is 0 Å². The Kier molecular flexibility index (Phi) is 4.93. The molecule has 1 spiro atoms. The summed E-state index contributed by atoms with van der Waals surface area (Å²) >= 11 is 0. The molecule has 1 saturated heterocycles. The van der Waals surface area contributed by atoms with Crippen molar-refractivity contribution in [3.05, 3.63) is 41.6 Å². The van der Waals surface area contributed by atoms with Gasteiger partial charge in [0.15, 0.2) is 17.3 Å². The Labute approximate surface area is 208 Å². The third-order valence-corrected chi connectivity index (χ3v) is 9.75. The zero-order chi connectivity index (χ0) is 24.9. The molecule has 3 fully saturated rings. The van der Waals surface area contributed by atoms with E-state index in [1.54, 1.807) is 13.3 Å². The molecule has 0 amide bonds. The Morgan fingerprint density at radius 1 is 1.17 bits per heavy atom. The maximum absolute atomic E-state index is 14.7. The van der Waals surface area contributed by atoms with E-state index in [0.29, 0.717) is 35.9 Å². The molecule has 35 heavy (non-hydrogen) atoms. The minimum absolute atomic E-state index is 0.122. The Bertz CT molecular complexity index is 1140. The molecule has 8 atom stereocenters. The van der Waals surface area contributed by atoms with E-state index in [4.69, 9.17) is 18.9 Å². The molecule has 5 aliphatic rings. The molecule has 0 N–H and O–H groups in total. The average molecular weight is 480 g/mol. The van der Waals surface area contributed by atoms with E-state index in [-0.39, 0.29) is 35.4 Å². The summed E-state index contributed by atoms with van der Waals surface area (Å²) in [6.45, 7) is 13.4. The summed E-state index contributed by atoms with van der Waals surface area (Å²) in [4.78, 5) is 19.2. The minimum atomic E-state index is -0.741. The lowest BCUT2D eigenvalue weighted by molar-refractivity contribution is -0.269. The molecule has 7 unspecified atom stereocenters. The van der Waals surface area contributed by atoms with Gasteiger partial charge in [0.05, 0.1) is 25.2 Å². The van der Waals surface area contributed by atoms with Crippen LogP contribution >= 0.6 is 0 Å². The highest BCUT2D eigenvalue weighted by Crippen LogP contribution is 2.71. The van der Waals surface area contributed by atoms with Crippen LogP contribution < -0.4 is 9.47 Å². The van der Waals surface area contributed by atoms with E-state index in [1.807, 2.05) is 26.0 Å². The predicted octanol–water partition coefficient (Wildman–Crippen LogP) is 4.99. The van der Waals surface area contributed by atoms with Crippen molar-refractivity contribution in [2.45, 2.75) is 66.0 Å². The third kappa shape index (κ3) is 3.15. The van der Waals surface area contributed by atoms with Gasteiger partial charge < -0.3 is 18.9 Å². The van der Waals surface area contributed by atoms with Gasteiger partial charge in [-0.3, -0.25) is 4.79 Å². The number of Topliss-reactive ketones (excluding diaryl/α,β-unsaturated/α-hetero) is 1. The number of nitrogens with zero attached hydrogens (tertiary/aromatic N) is 1. The molecular weight excluding hydrogens is 442 g/mol. The van der Waals surface area contributed by atoms with Crippen LogP contribution in [0.5, 0.6) is 11.6 Å². The summed E-state index contributed by atoms with van der Waals surface area (Å²) in [7, 11) is 1.62. The normalized spacial score (nSPS) is 42.4. The van der Waals surface area contributed by atoms with Crippen LogP contribution in [-0.4, -0.2) is 42.5 Å². The highest BCUT2D eigenvalue weighted by Gasteiger charge is 2.72. The minimum Gasteiger partial charge on any atom is -0.491 e. The number of carbonyl (C=O) groups is 1. The van der Waals surface area contributed by atoms with Gasteiger partial charge >= 0.3 is 0 Å². The van der Waals surface area contributed by atoms with Crippen molar-refractivity contribution < 1.29 is 23.7 Å². The van der Waals surface area contributed by atoms with Crippen molar-refractivity contribution >= 4 is 5.78 Å². The standard InChI is InChI=1S/C29H37NO5/c1-15-13-29-16(2)11-19-21(27(19,3)4)18(25(29)31)12-17-14-33-28(5,6)35-24(17)22(29)23(15)34-26-20(32-7)9-8-10-30-26/h8-10,12-13,16,18-19,21-24H,11,14H2,1-7H3/t16-,18?,19?,21?,22?,23?,24?,29?/m1/s1. The zero-order valence-electron chi connectivity index (χ0n) is 21.8. The fourth-order valence-corrected chi connectivity index (χ4v) is 7.94. The molecule has 4 aliphatic carbocycles. The van der Waals surface area contributed by atoms with Gasteiger partial charge in [0.2, 0.25) is 0 Å². The van der Waals surface area contributed by atoms with Crippen LogP contribution in [0.15, 0.2) is 41.6 Å². The van der Waals surface area contributed by atoms with Gasteiger partial charge in [-0.05, 0) is 73.6 Å². The van der Waals surface area contributed by atoms with Gasteiger partial charge in [-0.1, -0.05) is 32.9 Å². The highest BCUT2D eigenvalue weighted by molar-refractivity contribution is 5.94. The average Bonchev–Trinajstić information content (AvgIpc) is 3.26. The van der Waals surface area contributed by atoms with E-state index in [1.165, 1.54) is 0 Å². The van der Waals surface area contributed by atoms with Gasteiger partial charge in [-0.2, -0.15) is 0 Å². The fourth-order valence-electron chi connectivity index (χ4n) is 7.94. The van der Waals surface area contributed by atoms with Crippen molar-refractivity contribution in [2.75, 3.05) is 13.7 Å². The molecule has 6 rings (SSSR count). The number of hydrogen-bond donors (Lipinski definition) is 0. The van der Waals surface area contributed by atoms with Crippen molar-refractivity contribution in [2.24, 2.45) is 40.4 Å². The molecular formula is C29H37NO5. The number of methoxy groups -OCH3 is 1. The van der Waals surface area contributed by atoms with Crippen LogP contribution in [0.4, 0.5) is 0 Å². The summed E-state index contributed by atoms with van der Waals surface area (Å²) in [5.74, 6) is 1.38. The summed E-state index contributed by atoms with van der Waals surface area (Å²) in [5.41, 5.74) is 1.66. The van der Waals surface area contributed by atoms with Crippen molar-refractivity contribution in [1.82, 2.24) is 4.98 Å². The van der Waals surface area contributed by atoms with Crippen LogP contribution in [0.25, 0.3) is 0 Å².